The number of likely N-dealkylation sites (tertiary alicyclic amines) is 1. The van der Waals surface area contributed by atoms with Gasteiger partial charge in [0.15, 0.2) is 0 Å². The minimum absolute atomic E-state index is 0.00968. The summed E-state index contributed by atoms with van der Waals surface area (Å²) in [4.78, 5) is 25.5. The number of ether oxygens (including phenoxy) is 1. The van der Waals surface area contributed by atoms with Gasteiger partial charge in [-0.1, -0.05) is 41.9 Å². The number of amides is 1. The molecule has 1 aliphatic heterocycles. The average molecular weight is 374 g/mol. The summed E-state index contributed by atoms with van der Waals surface area (Å²) < 4.78 is 5.90. The monoisotopic (exact) mass is 373 g/mol. The number of hydrogen-bond donors (Lipinski definition) is 1. The highest BCUT2D eigenvalue weighted by Gasteiger charge is 2.28. The number of benzene rings is 2. The minimum Gasteiger partial charge on any atom is -0.487 e. The van der Waals surface area contributed by atoms with Gasteiger partial charge < -0.3 is 14.7 Å². The predicted molar refractivity (Wildman–Crippen MR) is 98.8 cm³/mol. The zero-order valence-electron chi connectivity index (χ0n) is 14.2. The molecule has 0 spiro atoms. The molecular weight excluding hydrogens is 354 g/mol. The number of para-hydroxylation sites is 1. The largest absolute Gasteiger partial charge is 0.487 e. The molecule has 5 nitrogen and oxygen atoms in total. The van der Waals surface area contributed by atoms with E-state index < -0.39 is 5.97 Å². The van der Waals surface area contributed by atoms with Crippen molar-refractivity contribution in [2.75, 3.05) is 13.1 Å². The third-order valence-electron chi connectivity index (χ3n) is 4.48. The lowest BCUT2D eigenvalue weighted by atomic mass is 10.0. The third kappa shape index (κ3) is 4.35. The number of rotatable bonds is 6. The van der Waals surface area contributed by atoms with Crippen LogP contribution < -0.4 is 4.74 Å². The Hall–Kier alpha value is -2.53. The molecule has 1 atom stereocenters. The fourth-order valence-corrected chi connectivity index (χ4v) is 3.30. The van der Waals surface area contributed by atoms with E-state index in [1.807, 2.05) is 18.2 Å². The Morgan fingerprint density at radius 3 is 2.65 bits per heavy atom. The fraction of sp³-hybridized carbons (Fsp3) is 0.300. The van der Waals surface area contributed by atoms with Crippen LogP contribution in [0.5, 0.6) is 5.75 Å². The molecule has 1 unspecified atom stereocenters. The number of carboxylic acid groups (broad SMARTS) is 1. The van der Waals surface area contributed by atoms with E-state index >= 15 is 0 Å². The molecule has 0 saturated carbocycles. The number of aromatic carboxylic acids is 1. The van der Waals surface area contributed by atoms with Crippen molar-refractivity contribution in [3.05, 3.63) is 64.7 Å². The maximum atomic E-state index is 12.5. The second-order valence-electron chi connectivity index (χ2n) is 6.26. The first kappa shape index (κ1) is 18.3. The molecule has 1 heterocycles. The van der Waals surface area contributed by atoms with Gasteiger partial charge in [-0.15, -0.1) is 0 Å². The Labute approximate surface area is 157 Å². The zero-order chi connectivity index (χ0) is 18.5. The number of carboxylic acids is 1. The van der Waals surface area contributed by atoms with Crippen molar-refractivity contribution in [1.29, 1.82) is 0 Å². The van der Waals surface area contributed by atoms with Gasteiger partial charge in [0.1, 0.15) is 11.9 Å². The molecule has 1 saturated heterocycles. The van der Waals surface area contributed by atoms with Gasteiger partial charge in [0, 0.05) is 19.4 Å². The van der Waals surface area contributed by atoms with Gasteiger partial charge in [0.25, 0.3) is 0 Å². The number of halogens is 1. The SMILES string of the molecule is O=C(O)c1ccccc1CCC(=O)N1CCC(Oc2ccccc2Cl)C1. The van der Waals surface area contributed by atoms with Crippen LogP contribution in [-0.2, 0) is 11.2 Å². The smallest absolute Gasteiger partial charge is 0.335 e. The molecule has 136 valence electrons. The molecule has 1 amide bonds. The molecule has 2 aromatic carbocycles. The van der Waals surface area contributed by atoms with Crippen LogP contribution in [0.1, 0.15) is 28.8 Å². The third-order valence-corrected chi connectivity index (χ3v) is 4.80. The summed E-state index contributed by atoms with van der Waals surface area (Å²) in [7, 11) is 0. The number of aryl methyl sites for hydroxylation is 1. The van der Waals surface area contributed by atoms with E-state index in [1.165, 1.54) is 0 Å². The van der Waals surface area contributed by atoms with Gasteiger partial charge in [0.2, 0.25) is 5.91 Å². The van der Waals surface area contributed by atoms with Crippen LogP contribution in [-0.4, -0.2) is 41.1 Å². The molecule has 6 heteroatoms. The van der Waals surface area contributed by atoms with Crippen molar-refractivity contribution < 1.29 is 19.4 Å². The number of nitrogens with zero attached hydrogens (tertiary/aromatic N) is 1. The highest BCUT2D eigenvalue weighted by molar-refractivity contribution is 6.32. The molecule has 0 bridgehead atoms. The quantitative estimate of drug-likeness (QED) is 0.839. The van der Waals surface area contributed by atoms with Crippen molar-refractivity contribution in [2.45, 2.75) is 25.4 Å². The van der Waals surface area contributed by atoms with Crippen LogP contribution in [0.3, 0.4) is 0 Å². The Bertz CT molecular complexity index is 808. The fourth-order valence-electron chi connectivity index (χ4n) is 3.12. The summed E-state index contributed by atoms with van der Waals surface area (Å²) in [5, 5.41) is 9.77. The second kappa shape index (κ2) is 8.23. The van der Waals surface area contributed by atoms with Gasteiger partial charge in [-0.2, -0.15) is 0 Å². The number of carbonyl (C=O) groups excluding carboxylic acids is 1. The van der Waals surface area contributed by atoms with Crippen LogP contribution in [0.4, 0.5) is 0 Å². The average Bonchev–Trinajstić information content (AvgIpc) is 3.10. The zero-order valence-corrected chi connectivity index (χ0v) is 15.0. The van der Waals surface area contributed by atoms with Gasteiger partial charge in [-0.05, 0) is 30.2 Å². The van der Waals surface area contributed by atoms with E-state index in [0.717, 1.165) is 6.42 Å². The van der Waals surface area contributed by atoms with Gasteiger partial charge in [0.05, 0.1) is 17.1 Å². The molecule has 26 heavy (non-hydrogen) atoms. The van der Waals surface area contributed by atoms with Gasteiger partial charge in [-0.25, -0.2) is 4.79 Å². The van der Waals surface area contributed by atoms with Crippen molar-refractivity contribution in [3.63, 3.8) is 0 Å². The van der Waals surface area contributed by atoms with E-state index in [1.54, 1.807) is 35.2 Å². The highest BCUT2D eigenvalue weighted by atomic mass is 35.5. The highest BCUT2D eigenvalue weighted by Crippen LogP contribution is 2.26. The normalized spacial score (nSPS) is 16.5. The van der Waals surface area contributed by atoms with Crippen molar-refractivity contribution in [3.8, 4) is 5.75 Å². The molecule has 3 rings (SSSR count). The van der Waals surface area contributed by atoms with Crippen LogP contribution in [0.15, 0.2) is 48.5 Å². The Kier molecular flexibility index (Phi) is 5.78. The molecule has 2 aromatic rings. The van der Waals surface area contributed by atoms with Gasteiger partial charge >= 0.3 is 5.97 Å². The summed E-state index contributed by atoms with van der Waals surface area (Å²) >= 11 is 6.11. The minimum atomic E-state index is -0.970. The lowest BCUT2D eigenvalue weighted by Crippen LogP contribution is -2.31. The van der Waals surface area contributed by atoms with Crippen molar-refractivity contribution >= 4 is 23.5 Å². The Morgan fingerprint density at radius 1 is 1.15 bits per heavy atom. The predicted octanol–water partition coefficient (Wildman–Crippen LogP) is 3.65. The number of hydrogen-bond acceptors (Lipinski definition) is 3. The van der Waals surface area contributed by atoms with E-state index in [9.17, 15) is 14.7 Å². The maximum absolute atomic E-state index is 12.5. The van der Waals surface area contributed by atoms with Crippen molar-refractivity contribution in [1.82, 2.24) is 4.90 Å². The first-order chi connectivity index (χ1) is 12.5. The molecule has 1 fully saturated rings. The molecule has 0 aliphatic carbocycles. The molecular formula is C20H20ClNO4. The van der Waals surface area contributed by atoms with Crippen LogP contribution in [0.25, 0.3) is 0 Å². The van der Waals surface area contributed by atoms with E-state index in [-0.39, 0.29) is 24.0 Å². The molecule has 0 aromatic heterocycles. The van der Waals surface area contributed by atoms with E-state index in [2.05, 4.69) is 0 Å². The first-order valence-electron chi connectivity index (χ1n) is 8.55. The topological polar surface area (TPSA) is 66.8 Å². The van der Waals surface area contributed by atoms with Crippen LogP contribution in [0, 0.1) is 0 Å². The van der Waals surface area contributed by atoms with Gasteiger partial charge in [-0.3, -0.25) is 4.79 Å². The summed E-state index contributed by atoms with van der Waals surface area (Å²) in [6.07, 6.45) is 1.37. The summed E-state index contributed by atoms with van der Waals surface area (Å²) in [5.74, 6) is -0.332. The number of carbonyl (C=O) groups is 2. The van der Waals surface area contributed by atoms with E-state index in [4.69, 9.17) is 16.3 Å². The maximum Gasteiger partial charge on any atom is 0.335 e. The summed E-state index contributed by atoms with van der Waals surface area (Å²) in [6.45, 7) is 1.15. The van der Waals surface area contributed by atoms with Crippen molar-refractivity contribution in [2.24, 2.45) is 0 Å². The Balaban J connectivity index is 1.54. The summed E-state index contributed by atoms with van der Waals surface area (Å²) in [5.41, 5.74) is 0.929. The first-order valence-corrected chi connectivity index (χ1v) is 8.92. The second-order valence-corrected chi connectivity index (χ2v) is 6.67. The molecule has 0 radical (unpaired) electrons. The molecule has 1 aliphatic rings. The lowest BCUT2D eigenvalue weighted by Gasteiger charge is -2.18. The summed E-state index contributed by atoms with van der Waals surface area (Å²) in [6, 6.07) is 14.1. The molecule has 1 N–H and O–H groups in total. The van der Waals surface area contributed by atoms with Crippen LogP contribution >= 0.6 is 11.6 Å². The Morgan fingerprint density at radius 2 is 1.88 bits per heavy atom. The lowest BCUT2D eigenvalue weighted by molar-refractivity contribution is -0.130. The van der Waals surface area contributed by atoms with E-state index in [0.29, 0.717) is 35.8 Å². The standard InChI is InChI=1S/C20H20ClNO4/c21-17-7-3-4-8-18(17)26-15-11-12-22(13-15)19(23)10-9-14-5-1-2-6-16(14)20(24)25/h1-8,15H,9-13H2,(H,24,25). The van der Waals surface area contributed by atoms with Crippen LogP contribution in [0.2, 0.25) is 5.02 Å².